The quantitative estimate of drug-likeness (QED) is 0.706. The van der Waals surface area contributed by atoms with Crippen molar-refractivity contribution in [3.63, 3.8) is 0 Å². The largest absolute Gasteiger partial charge is 0.342 e. The molecule has 2 heterocycles. The van der Waals surface area contributed by atoms with E-state index in [-0.39, 0.29) is 24.0 Å². The molecule has 0 aromatic heterocycles. The summed E-state index contributed by atoms with van der Waals surface area (Å²) in [5.41, 5.74) is 0. The van der Waals surface area contributed by atoms with Crippen LogP contribution in [0.4, 0.5) is 4.79 Å². The topological polar surface area (TPSA) is 67.9 Å². The molecule has 3 aliphatic rings. The number of urea groups is 1. The zero-order chi connectivity index (χ0) is 20.6. The third kappa shape index (κ3) is 7.14. The number of carbonyl (C=O) groups excluding carboxylic acids is 2. The number of likely N-dealkylation sites (N-methyl/N-ethyl adjacent to an activating group) is 1. The summed E-state index contributed by atoms with van der Waals surface area (Å²) < 4.78 is 0. The molecule has 2 aliphatic heterocycles. The Morgan fingerprint density at radius 3 is 1.93 bits per heavy atom. The lowest BCUT2D eigenvalue weighted by Gasteiger charge is -2.36. The zero-order valence-corrected chi connectivity index (χ0v) is 18.5. The van der Waals surface area contributed by atoms with E-state index in [1.807, 2.05) is 4.90 Å². The minimum absolute atomic E-state index is 0.0335. The Labute approximate surface area is 176 Å². The molecular weight excluding hydrogens is 366 g/mol. The first-order valence-electron chi connectivity index (χ1n) is 11.7. The number of amides is 3. The highest BCUT2D eigenvalue weighted by atomic mass is 16.2. The fourth-order valence-electron chi connectivity index (χ4n) is 4.91. The summed E-state index contributed by atoms with van der Waals surface area (Å²) in [7, 11) is 4.21. The smallest absolute Gasteiger partial charge is 0.315 e. The Balaban J connectivity index is 1.30. The van der Waals surface area contributed by atoms with Crippen LogP contribution in [0.15, 0.2) is 0 Å². The third-order valence-electron chi connectivity index (χ3n) is 6.88. The van der Waals surface area contributed by atoms with Gasteiger partial charge in [0.25, 0.3) is 0 Å². The van der Waals surface area contributed by atoms with Crippen molar-refractivity contribution in [2.24, 2.45) is 5.92 Å². The molecule has 166 valence electrons. The van der Waals surface area contributed by atoms with Gasteiger partial charge in [-0.15, -0.1) is 0 Å². The summed E-state index contributed by atoms with van der Waals surface area (Å²) in [6, 6.07) is 0.429. The maximum absolute atomic E-state index is 12.7. The summed E-state index contributed by atoms with van der Waals surface area (Å²) >= 11 is 0. The van der Waals surface area contributed by atoms with Gasteiger partial charge in [0.15, 0.2) is 0 Å². The molecular formula is C22H41N5O2. The lowest BCUT2D eigenvalue weighted by molar-refractivity contribution is -0.137. The summed E-state index contributed by atoms with van der Waals surface area (Å²) in [5.74, 6) is 0.605. The SMILES string of the molecule is CN(C)CCN1CCC(NC(=O)NC2CCN(C(=O)C3CCCCC3)CC2)CC1. The van der Waals surface area contributed by atoms with Crippen molar-refractivity contribution < 1.29 is 9.59 Å². The number of nitrogens with zero attached hydrogens (tertiary/aromatic N) is 3. The summed E-state index contributed by atoms with van der Waals surface area (Å²) in [4.78, 5) is 31.8. The molecule has 3 rings (SSSR count). The van der Waals surface area contributed by atoms with E-state index in [0.717, 1.165) is 77.8 Å². The highest BCUT2D eigenvalue weighted by molar-refractivity contribution is 5.79. The molecule has 0 atom stereocenters. The number of rotatable bonds is 6. The van der Waals surface area contributed by atoms with Crippen molar-refractivity contribution in [2.45, 2.75) is 69.9 Å². The predicted molar refractivity (Wildman–Crippen MR) is 116 cm³/mol. The third-order valence-corrected chi connectivity index (χ3v) is 6.88. The first kappa shape index (κ1) is 22.3. The second kappa shape index (κ2) is 11.2. The van der Waals surface area contributed by atoms with Crippen LogP contribution in [-0.4, -0.2) is 92.1 Å². The predicted octanol–water partition coefficient (Wildman–Crippen LogP) is 1.88. The number of hydrogen-bond acceptors (Lipinski definition) is 4. The van der Waals surface area contributed by atoms with Crippen molar-refractivity contribution in [1.29, 1.82) is 0 Å². The van der Waals surface area contributed by atoms with Gasteiger partial charge >= 0.3 is 6.03 Å². The van der Waals surface area contributed by atoms with Gasteiger partial charge in [0.2, 0.25) is 5.91 Å². The average molecular weight is 408 g/mol. The van der Waals surface area contributed by atoms with Crippen LogP contribution in [0.1, 0.15) is 57.8 Å². The zero-order valence-electron chi connectivity index (χ0n) is 18.5. The molecule has 7 heteroatoms. The van der Waals surface area contributed by atoms with E-state index in [4.69, 9.17) is 0 Å². The molecule has 0 bridgehead atoms. The molecule has 0 aromatic rings. The first-order valence-corrected chi connectivity index (χ1v) is 11.7. The minimum atomic E-state index is -0.0335. The van der Waals surface area contributed by atoms with Crippen LogP contribution in [0.3, 0.4) is 0 Å². The molecule has 3 amide bonds. The van der Waals surface area contributed by atoms with Gasteiger partial charge in [-0.25, -0.2) is 4.79 Å². The molecule has 7 nitrogen and oxygen atoms in total. The van der Waals surface area contributed by atoms with Crippen LogP contribution in [0, 0.1) is 5.92 Å². The Hall–Kier alpha value is -1.34. The fourth-order valence-corrected chi connectivity index (χ4v) is 4.91. The summed E-state index contributed by atoms with van der Waals surface area (Å²) in [6.45, 7) is 5.86. The van der Waals surface area contributed by atoms with Crippen LogP contribution in [0.25, 0.3) is 0 Å². The normalized spacial score (nSPS) is 23.3. The van der Waals surface area contributed by atoms with E-state index in [1.165, 1.54) is 19.3 Å². The van der Waals surface area contributed by atoms with Crippen LogP contribution < -0.4 is 10.6 Å². The molecule has 1 aliphatic carbocycles. The van der Waals surface area contributed by atoms with Gasteiger partial charge in [-0.3, -0.25) is 4.79 Å². The average Bonchev–Trinajstić information content (AvgIpc) is 2.74. The highest BCUT2D eigenvalue weighted by Crippen LogP contribution is 2.26. The van der Waals surface area contributed by atoms with Crippen molar-refractivity contribution in [2.75, 3.05) is 53.4 Å². The maximum Gasteiger partial charge on any atom is 0.315 e. The monoisotopic (exact) mass is 407 g/mol. The number of nitrogens with one attached hydrogen (secondary N) is 2. The maximum atomic E-state index is 12.7. The van der Waals surface area contributed by atoms with E-state index < -0.39 is 0 Å². The van der Waals surface area contributed by atoms with Gasteiger partial charge in [-0.1, -0.05) is 19.3 Å². The minimum Gasteiger partial charge on any atom is -0.342 e. The molecule has 0 radical (unpaired) electrons. The van der Waals surface area contributed by atoms with Gasteiger partial charge in [-0.05, 0) is 52.6 Å². The van der Waals surface area contributed by atoms with Crippen LogP contribution in [0.5, 0.6) is 0 Å². The molecule has 2 N–H and O–H groups in total. The Morgan fingerprint density at radius 1 is 0.828 bits per heavy atom. The van der Waals surface area contributed by atoms with Gasteiger partial charge in [0.05, 0.1) is 0 Å². The summed E-state index contributed by atoms with van der Waals surface area (Å²) in [6.07, 6.45) is 9.58. The van der Waals surface area contributed by atoms with E-state index >= 15 is 0 Å². The molecule has 0 unspecified atom stereocenters. The number of likely N-dealkylation sites (tertiary alicyclic amines) is 2. The van der Waals surface area contributed by atoms with Crippen molar-refractivity contribution in [3.8, 4) is 0 Å². The molecule has 0 aromatic carbocycles. The molecule has 1 saturated carbocycles. The number of hydrogen-bond donors (Lipinski definition) is 2. The Bertz CT molecular complexity index is 519. The lowest BCUT2D eigenvalue weighted by atomic mass is 9.87. The van der Waals surface area contributed by atoms with Gasteiger partial charge < -0.3 is 25.3 Å². The number of piperidine rings is 2. The van der Waals surface area contributed by atoms with E-state index in [9.17, 15) is 9.59 Å². The van der Waals surface area contributed by atoms with Crippen LogP contribution in [0.2, 0.25) is 0 Å². The van der Waals surface area contributed by atoms with Crippen molar-refractivity contribution in [1.82, 2.24) is 25.3 Å². The Morgan fingerprint density at radius 2 is 1.38 bits per heavy atom. The number of carbonyl (C=O) groups is 2. The fraction of sp³-hybridized carbons (Fsp3) is 0.909. The van der Waals surface area contributed by atoms with E-state index in [0.29, 0.717) is 5.91 Å². The highest BCUT2D eigenvalue weighted by Gasteiger charge is 2.30. The van der Waals surface area contributed by atoms with Crippen molar-refractivity contribution >= 4 is 11.9 Å². The van der Waals surface area contributed by atoms with Gasteiger partial charge in [0.1, 0.15) is 0 Å². The molecule has 3 fully saturated rings. The lowest BCUT2D eigenvalue weighted by Crippen LogP contribution is -2.53. The van der Waals surface area contributed by atoms with Crippen molar-refractivity contribution in [3.05, 3.63) is 0 Å². The molecule has 29 heavy (non-hydrogen) atoms. The second-order valence-corrected chi connectivity index (χ2v) is 9.47. The second-order valence-electron chi connectivity index (χ2n) is 9.47. The summed E-state index contributed by atoms with van der Waals surface area (Å²) in [5, 5.41) is 6.32. The first-order chi connectivity index (χ1) is 14.0. The molecule has 0 spiro atoms. The van der Waals surface area contributed by atoms with E-state index in [2.05, 4.69) is 34.5 Å². The molecule has 2 saturated heterocycles. The Kier molecular flexibility index (Phi) is 8.60. The van der Waals surface area contributed by atoms with Crippen LogP contribution in [-0.2, 0) is 4.79 Å². The van der Waals surface area contributed by atoms with Crippen LogP contribution >= 0.6 is 0 Å². The standard InChI is InChI=1S/C22H41N5O2/c1-25(2)16-17-26-12-8-19(9-13-26)23-22(29)24-20-10-14-27(15-11-20)21(28)18-6-4-3-5-7-18/h18-20H,3-17H2,1-2H3,(H2,23,24,29). The van der Waals surface area contributed by atoms with Gasteiger partial charge in [-0.2, -0.15) is 0 Å². The van der Waals surface area contributed by atoms with Gasteiger partial charge in [0, 0.05) is 57.3 Å². The van der Waals surface area contributed by atoms with E-state index in [1.54, 1.807) is 0 Å².